The monoisotopic (exact) mass is 424 g/mol. The summed E-state index contributed by atoms with van der Waals surface area (Å²) in [5.74, 6) is 0.323. The molecule has 0 amide bonds. The van der Waals surface area contributed by atoms with Crippen molar-refractivity contribution in [1.82, 2.24) is 24.8 Å². The van der Waals surface area contributed by atoms with Gasteiger partial charge in [0, 0.05) is 24.4 Å². The first-order chi connectivity index (χ1) is 15.1. The van der Waals surface area contributed by atoms with Crippen LogP contribution in [0, 0.1) is 0 Å². The van der Waals surface area contributed by atoms with E-state index in [0.717, 1.165) is 11.8 Å². The minimum atomic E-state index is -0.311. The van der Waals surface area contributed by atoms with Crippen LogP contribution in [0.4, 0.5) is 10.2 Å². The van der Waals surface area contributed by atoms with Gasteiger partial charge in [-0.2, -0.15) is 9.97 Å². The number of allylic oxidation sites excluding steroid dienone is 2. The maximum atomic E-state index is 13.9. The molecule has 0 bridgehead atoms. The zero-order chi connectivity index (χ0) is 21.8. The number of nitrogen functional groups attached to an aromatic ring is 1. The summed E-state index contributed by atoms with van der Waals surface area (Å²) in [5.41, 5.74) is 8.99. The average molecular weight is 424 g/mol. The molecule has 0 atom stereocenters. The van der Waals surface area contributed by atoms with Gasteiger partial charge in [0.2, 0.25) is 0 Å². The van der Waals surface area contributed by atoms with E-state index in [1.165, 1.54) is 6.08 Å². The molecule has 0 saturated carbocycles. The summed E-state index contributed by atoms with van der Waals surface area (Å²) in [5, 5.41) is 2.89. The van der Waals surface area contributed by atoms with Crippen LogP contribution in [0.5, 0.6) is 6.01 Å². The van der Waals surface area contributed by atoms with Crippen LogP contribution in [0.3, 0.4) is 0 Å². The van der Waals surface area contributed by atoms with Crippen molar-refractivity contribution >= 4 is 28.8 Å². The predicted octanol–water partition coefficient (Wildman–Crippen LogP) is 2.09. The Morgan fingerprint density at radius 1 is 1.23 bits per heavy atom. The van der Waals surface area contributed by atoms with Gasteiger partial charge in [-0.1, -0.05) is 24.3 Å². The van der Waals surface area contributed by atoms with E-state index in [1.54, 1.807) is 25.4 Å². The number of fused-ring (bicyclic) bond motifs is 1. The summed E-state index contributed by atoms with van der Waals surface area (Å²) in [6.07, 6.45) is 3.89. The van der Waals surface area contributed by atoms with Gasteiger partial charge in [-0.25, -0.2) is 9.37 Å². The van der Waals surface area contributed by atoms with Crippen LogP contribution in [-0.2, 0) is 11.3 Å². The molecule has 4 rings (SSSR count). The molecule has 0 spiro atoms. The van der Waals surface area contributed by atoms with Crippen molar-refractivity contribution in [2.75, 3.05) is 32.6 Å². The Bertz CT molecular complexity index is 1170. The molecule has 0 unspecified atom stereocenters. The summed E-state index contributed by atoms with van der Waals surface area (Å²) in [6, 6.07) is 7.23. The number of hydrogen-bond acceptors (Lipinski definition) is 8. The first-order valence-electron chi connectivity index (χ1n) is 9.58. The second-order valence-electron chi connectivity index (χ2n) is 6.86. The van der Waals surface area contributed by atoms with E-state index in [-0.39, 0.29) is 30.8 Å². The van der Waals surface area contributed by atoms with Crippen LogP contribution in [0.15, 0.2) is 42.4 Å². The number of nitrogens with one attached hydrogen (secondary N) is 1. The van der Waals surface area contributed by atoms with Crippen molar-refractivity contribution < 1.29 is 18.7 Å². The lowest BCUT2D eigenvalue weighted by Crippen LogP contribution is -2.15. The molecule has 1 aliphatic rings. The van der Waals surface area contributed by atoms with Crippen LogP contribution in [0.2, 0.25) is 0 Å². The van der Waals surface area contributed by atoms with Crippen molar-refractivity contribution in [3.05, 3.63) is 59.3 Å². The quantitative estimate of drug-likeness (QED) is 0.417. The number of methoxy groups -OCH3 is 1. The number of ether oxygens (including phenoxy) is 2. The maximum Gasteiger partial charge on any atom is 0.320 e. The number of carbonyl (C=O) groups excluding carboxylic acids is 1. The molecular weight excluding hydrogens is 403 g/mol. The van der Waals surface area contributed by atoms with E-state index >= 15 is 0 Å². The highest BCUT2D eigenvalue weighted by Crippen LogP contribution is 2.28. The van der Waals surface area contributed by atoms with Crippen molar-refractivity contribution in [2.45, 2.75) is 6.54 Å². The van der Waals surface area contributed by atoms with E-state index < -0.39 is 0 Å². The van der Waals surface area contributed by atoms with Gasteiger partial charge in [-0.05, 0) is 11.6 Å². The molecule has 10 heteroatoms. The number of halogens is 1. The van der Waals surface area contributed by atoms with Crippen molar-refractivity contribution in [3.63, 3.8) is 0 Å². The first kappa shape index (κ1) is 20.5. The van der Waals surface area contributed by atoms with Crippen LogP contribution in [-0.4, -0.2) is 52.7 Å². The maximum absolute atomic E-state index is 13.9. The molecule has 31 heavy (non-hydrogen) atoms. The third kappa shape index (κ3) is 4.38. The van der Waals surface area contributed by atoms with Gasteiger partial charge in [-0.3, -0.25) is 4.79 Å². The molecule has 1 aromatic carbocycles. The molecule has 0 aliphatic carbocycles. The second kappa shape index (κ2) is 8.92. The highest BCUT2D eigenvalue weighted by molar-refractivity contribution is 5.86. The lowest BCUT2D eigenvalue weighted by Gasteiger charge is -2.13. The number of carbonyl (C=O) groups is 1. The van der Waals surface area contributed by atoms with Gasteiger partial charge in [-0.15, -0.1) is 0 Å². The molecule has 3 heterocycles. The minimum absolute atomic E-state index is 0.100. The summed E-state index contributed by atoms with van der Waals surface area (Å²) in [6.45, 7) is 1.12. The summed E-state index contributed by atoms with van der Waals surface area (Å²) < 4.78 is 26.3. The molecule has 3 aromatic rings. The fourth-order valence-electron chi connectivity index (χ4n) is 3.19. The highest BCUT2D eigenvalue weighted by atomic mass is 19.1. The fraction of sp³-hybridized carbons (Fsp3) is 0.238. The lowest BCUT2D eigenvalue weighted by atomic mass is 10.1. The number of nitrogens with two attached hydrogens (primary N) is 1. The number of aldehydes is 1. The van der Waals surface area contributed by atoms with Crippen LogP contribution >= 0.6 is 0 Å². The summed E-state index contributed by atoms with van der Waals surface area (Å²) >= 11 is 0. The average Bonchev–Trinajstić information content (AvgIpc) is 3.13. The van der Waals surface area contributed by atoms with E-state index in [0.29, 0.717) is 41.3 Å². The van der Waals surface area contributed by atoms with Crippen LogP contribution in [0.25, 0.3) is 16.7 Å². The molecule has 9 nitrogen and oxygen atoms in total. The number of aromatic nitrogens is 4. The number of nitrogens with zero attached hydrogens (tertiary/aromatic N) is 4. The van der Waals surface area contributed by atoms with Crippen molar-refractivity contribution in [3.8, 4) is 6.01 Å². The number of hydrogen-bond donors (Lipinski definition) is 2. The van der Waals surface area contributed by atoms with E-state index in [9.17, 15) is 9.18 Å². The Balaban J connectivity index is 1.82. The van der Waals surface area contributed by atoms with Gasteiger partial charge >= 0.3 is 6.01 Å². The van der Waals surface area contributed by atoms with Crippen LogP contribution in [0.1, 0.15) is 21.7 Å². The zero-order valence-corrected chi connectivity index (χ0v) is 16.8. The Labute approximate surface area is 177 Å². The largest absolute Gasteiger partial charge is 0.461 e. The molecular formula is C21H21FN6O3. The van der Waals surface area contributed by atoms with Gasteiger partial charge in [0.25, 0.3) is 0 Å². The van der Waals surface area contributed by atoms with Gasteiger partial charge in [0.1, 0.15) is 24.5 Å². The zero-order valence-electron chi connectivity index (χ0n) is 16.8. The molecule has 0 fully saturated rings. The summed E-state index contributed by atoms with van der Waals surface area (Å²) in [4.78, 5) is 24.2. The number of imidazole rings is 1. The summed E-state index contributed by atoms with van der Waals surface area (Å²) in [7, 11) is 1.57. The van der Waals surface area contributed by atoms with Crippen LogP contribution < -0.4 is 15.8 Å². The predicted molar refractivity (Wildman–Crippen MR) is 113 cm³/mol. The van der Waals surface area contributed by atoms with Gasteiger partial charge < -0.3 is 25.1 Å². The number of dihydropyridines is 1. The highest BCUT2D eigenvalue weighted by Gasteiger charge is 2.21. The normalized spacial score (nSPS) is 13.5. The number of anilines is 1. The second-order valence-corrected chi connectivity index (χ2v) is 6.86. The van der Waals surface area contributed by atoms with Crippen molar-refractivity contribution in [1.29, 1.82) is 0 Å². The van der Waals surface area contributed by atoms with E-state index in [2.05, 4.69) is 20.3 Å². The number of benzene rings is 1. The molecule has 3 N–H and O–H groups in total. The smallest absolute Gasteiger partial charge is 0.320 e. The SMILES string of the molecule is COCCOc1nc(N)c2nc(C3=CNCC(F)=C3)n(Cc3ccc(C=O)cc3)c2n1. The first-order valence-corrected chi connectivity index (χ1v) is 9.58. The molecule has 0 saturated heterocycles. The van der Waals surface area contributed by atoms with Gasteiger partial charge in [0.15, 0.2) is 17.0 Å². The third-order valence-corrected chi connectivity index (χ3v) is 4.68. The lowest BCUT2D eigenvalue weighted by molar-refractivity contribution is 0.112. The molecule has 1 aliphatic heterocycles. The number of rotatable bonds is 8. The Hall–Kier alpha value is -3.79. The standard InChI is InChI=1S/C21H21FN6O3/c1-30-6-7-31-21-26-18(23)17-20(27-21)28(11-13-2-4-14(12-29)5-3-13)19(25-17)15-8-16(22)10-24-9-15/h2-5,8-9,12,24H,6-7,10-11H2,1H3,(H2,23,26,27). The Kier molecular flexibility index (Phi) is 5.89. The van der Waals surface area contributed by atoms with Crippen molar-refractivity contribution in [2.24, 2.45) is 0 Å². The van der Waals surface area contributed by atoms with E-state index in [1.807, 2.05) is 16.7 Å². The topological polar surface area (TPSA) is 117 Å². The Morgan fingerprint density at radius 2 is 2.03 bits per heavy atom. The molecule has 160 valence electrons. The minimum Gasteiger partial charge on any atom is -0.461 e. The fourth-order valence-corrected chi connectivity index (χ4v) is 3.19. The molecule has 2 aromatic heterocycles. The third-order valence-electron chi connectivity index (χ3n) is 4.68. The molecule has 0 radical (unpaired) electrons. The van der Waals surface area contributed by atoms with E-state index in [4.69, 9.17) is 15.2 Å². The van der Waals surface area contributed by atoms with Gasteiger partial charge in [0.05, 0.1) is 19.7 Å². The Morgan fingerprint density at radius 3 is 2.74 bits per heavy atom.